The fraction of sp³-hybridized carbons (Fsp3) is 0.650. The van der Waals surface area contributed by atoms with Crippen LogP contribution in [0.25, 0.3) is 0 Å². The molecule has 5 nitrogen and oxygen atoms in total. The number of aliphatic imine (C=N–C) groups is 1. The van der Waals surface area contributed by atoms with Gasteiger partial charge in [0.25, 0.3) is 0 Å². The molecular weight excluding hydrogens is 314 g/mol. The van der Waals surface area contributed by atoms with Gasteiger partial charge >= 0.3 is 0 Å². The summed E-state index contributed by atoms with van der Waals surface area (Å²) in [5.41, 5.74) is 1.52. The minimum Gasteiger partial charge on any atom is -0.497 e. The molecule has 0 saturated heterocycles. The second-order valence-electron chi connectivity index (χ2n) is 7.01. The van der Waals surface area contributed by atoms with Gasteiger partial charge in [-0.2, -0.15) is 0 Å². The lowest BCUT2D eigenvalue weighted by Gasteiger charge is -2.61. The van der Waals surface area contributed by atoms with E-state index in [0.717, 1.165) is 31.3 Å². The molecule has 1 aromatic rings. The number of methoxy groups -OCH3 is 1. The van der Waals surface area contributed by atoms with Crippen LogP contribution in [-0.4, -0.2) is 38.4 Å². The van der Waals surface area contributed by atoms with E-state index in [1.807, 2.05) is 12.1 Å². The predicted octanol–water partition coefficient (Wildman–Crippen LogP) is 3.10. The Morgan fingerprint density at radius 2 is 2.00 bits per heavy atom. The maximum absolute atomic E-state index is 5.95. The van der Waals surface area contributed by atoms with Crippen molar-refractivity contribution in [2.24, 2.45) is 10.4 Å². The largest absolute Gasteiger partial charge is 0.497 e. The van der Waals surface area contributed by atoms with E-state index in [9.17, 15) is 0 Å². The molecule has 2 atom stereocenters. The maximum atomic E-state index is 5.95. The first-order chi connectivity index (χ1) is 12.2. The Labute approximate surface area is 151 Å². The lowest BCUT2D eigenvalue weighted by molar-refractivity contribution is -0.168. The number of rotatable bonds is 7. The summed E-state index contributed by atoms with van der Waals surface area (Å²) in [5, 5.41) is 7.04. The van der Waals surface area contributed by atoms with Crippen LogP contribution < -0.4 is 15.4 Å². The van der Waals surface area contributed by atoms with Gasteiger partial charge in [-0.25, -0.2) is 4.99 Å². The Bertz CT molecular complexity index is 581. The first kappa shape index (κ1) is 18.1. The molecule has 0 aliphatic heterocycles. The molecule has 3 rings (SSSR count). The Morgan fingerprint density at radius 3 is 2.56 bits per heavy atom. The normalized spacial score (nSPS) is 24.4. The first-order valence-electron chi connectivity index (χ1n) is 9.51. The van der Waals surface area contributed by atoms with Crippen molar-refractivity contribution in [3.05, 3.63) is 29.8 Å². The van der Waals surface area contributed by atoms with Crippen LogP contribution in [-0.2, 0) is 11.3 Å². The Morgan fingerprint density at radius 1 is 1.24 bits per heavy atom. The van der Waals surface area contributed by atoms with Gasteiger partial charge in [0.05, 0.1) is 19.8 Å². The van der Waals surface area contributed by atoms with Crippen LogP contribution in [0.3, 0.4) is 0 Å². The molecule has 2 aliphatic rings. The van der Waals surface area contributed by atoms with E-state index in [4.69, 9.17) is 14.5 Å². The standard InChI is InChI=1S/C20H31N3O2/c1-4-21-19(22-14-15-7-9-16(24-3)10-8-15)23-17-13-18(25-5-2)20(17)11-6-12-20/h7-10,17-18H,4-6,11-14H2,1-3H3,(H2,21,22,23). The topological polar surface area (TPSA) is 54.9 Å². The average Bonchev–Trinajstić information content (AvgIpc) is 2.57. The zero-order valence-electron chi connectivity index (χ0n) is 15.7. The van der Waals surface area contributed by atoms with E-state index >= 15 is 0 Å². The molecule has 0 heterocycles. The van der Waals surface area contributed by atoms with Crippen LogP contribution in [0.1, 0.15) is 45.1 Å². The van der Waals surface area contributed by atoms with Crippen LogP contribution in [0.15, 0.2) is 29.3 Å². The summed E-state index contributed by atoms with van der Waals surface area (Å²) < 4.78 is 11.2. The zero-order chi connectivity index (χ0) is 17.7. The van der Waals surface area contributed by atoms with Gasteiger partial charge in [0.1, 0.15) is 5.75 Å². The van der Waals surface area contributed by atoms with E-state index in [0.29, 0.717) is 24.1 Å². The molecule has 138 valence electrons. The summed E-state index contributed by atoms with van der Waals surface area (Å²) in [6.45, 7) is 6.53. The van der Waals surface area contributed by atoms with Crippen LogP contribution in [0.4, 0.5) is 0 Å². The molecule has 2 unspecified atom stereocenters. The SMILES string of the molecule is CCNC(=NCc1ccc(OC)cc1)NC1CC(OCC)C12CCC2. The highest BCUT2D eigenvalue weighted by molar-refractivity contribution is 5.80. The fourth-order valence-corrected chi connectivity index (χ4v) is 4.03. The van der Waals surface area contributed by atoms with Crippen molar-refractivity contribution in [1.82, 2.24) is 10.6 Å². The summed E-state index contributed by atoms with van der Waals surface area (Å²) in [6, 6.07) is 8.56. The molecule has 0 radical (unpaired) electrons. The van der Waals surface area contributed by atoms with Gasteiger partial charge in [0.2, 0.25) is 0 Å². The Balaban J connectivity index is 1.61. The molecule has 0 amide bonds. The first-order valence-corrected chi connectivity index (χ1v) is 9.51. The maximum Gasteiger partial charge on any atom is 0.191 e. The molecule has 0 bridgehead atoms. The lowest BCUT2D eigenvalue weighted by Crippen LogP contribution is -2.68. The highest BCUT2D eigenvalue weighted by atomic mass is 16.5. The Hall–Kier alpha value is -1.75. The van der Waals surface area contributed by atoms with Crippen molar-refractivity contribution >= 4 is 5.96 Å². The number of benzene rings is 1. The summed E-state index contributed by atoms with van der Waals surface area (Å²) in [7, 11) is 1.69. The third-order valence-electron chi connectivity index (χ3n) is 5.67. The lowest BCUT2D eigenvalue weighted by atomic mass is 9.51. The highest BCUT2D eigenvalue weighted by Gasteiger charge is 2.59. The number of nitrogens with one attached hydrogen (secondary N) is 2. The highest BCUT2D eigenvalue weighted by Crippen LogP contribution is 2.57. The zero-order valence-corrected chi connectivity index (χ0v) is 15.7. The molecule has 2 N–H and O–H groups in total. The van der Waals surface area contributed by atoms with E-state index < -0.39 is 0 Å². The summed E-state index contributed by atoms with van der Waals surface area (Å²) >= 11 is 0. The number of nitrogens with zero attached hydrogens (tertiary/aromatic N) is 1. The monoisotopic (exact) mass is 345 g/mol. The van der Waals surface area contributed by atoms with E-state index in [1.165, 1.54) is 24.8 Å². The molecule has 2 fully saturated rings. The van der Waals surface area contributed by atoms with Crippen molar-refractivity contribution in [2.45, 2.75) is 58.2 Å². The van der Waals surface area contributed by atoms with Gasteiger partial charge in [-0.1, -0.05) is 18.6 Å². The number of guanidine groups is 1. The number of hydrogen-bond acceptors (Lipinski definition) is 3. The van der Waals surface area contributed by atoms with Gasteiger partial charge in [-0.05, 0) is 50.8 Å². The van der Waals surface area contributed by atoms with Crippen LogP contribution in [0.2, 0.25) is 0 Å². The summed E-state index contributed by atoms with van der Waals surface area (Å²) in [4.78, 5) is 4.77. The van der Waals surface area contributed by atoms with Crippen LogP contribution in [0.5, 0.6) is 5.75 Å². The fourth-order valence-electron chi connectivity index (χ4n) is 4.03. The molecule has 25 heavy (non-hydrogen) atoms. The predicted molar refractivity (Wildman–Crippen MR) is 101 cm³/mol. The summed E-state index contributed by atoms with van der Waals surface area (Å²) in [5.74, 6) is 1.78. The van der Waals surface area contributed by atoms with E-state index in [-0.39, 0.29) is 0 Å². The third-order valence-corrected chi connectivity index (χ3v) is 5.67. The van der Waals surface area contributed by atoms with Gasteiger partial charge in [-0.3, -0.25) is 0 Å². The Kier molecular flexibility index (Phi) is 5.84. The van der Waals surface area contributed by atoms with Crippen molar-refractivity contribution < 1.29 is 9.47 Å². The molecule has 2 saturated carbocycles. The second kappa shape index (κ2) is 8.09. The minimum absolute atomic E-state index is 0.340. The average molecular weight is 345 g/mol. The number of ether oxygens (including phenoxy) is 2. The molecule has 1 aromatic carbocycles. The van der Waals surface area contributed by atoms with Gasteiger partial charge in [-0.15, -0.1) is 0 Å². The van der Waals surface area contributed by atoms with Crippen LogP contribution in [0, 0.1) is 5.41 Å². The van der Waals surface area contributed by atoms with Crippen molar-refractivity contribution in [3.63, 3.8) is 0 Å². The quantitative estimate of drug-likeness (QED) is 0.589. The van der Waals surface area contributed by atoms with Gasteiger partial charge in [0.15, 0.2) is 5.96 Å². The van der Waals surface area contributed by atoms with E-state index in [1.54, 1.807) is 7.11 Å². The smallest absolute Gasteiger partial charge is 0.191 e. The van der Waals surface area contributed by atoms with Gasteiger partial charge < -0.3 is 20.1 Å². The molecule has 5 heteroatoms. The van der Waals surface area contributed by atoms with Gasteiger partial charge in [0, 0.05) is 24.6 Å². The second-order valence-corrected chi connectivity index (χ2v) is 7.01. The minimum atomic E-state index is 0.340. The van der Waals surface area contributed by atoms with Crippen molar-refractivity contribution in [1.29, 1.82) is 0 Å². The van der Waals surface area contributed by atoms with E-state index in [2.05, 4.69) is 36.6 Å². The molecule has 0 aromatic heterocycles. The molecular formula is C20H31N3O2. The third kappa shape index (κ3) is 3.76. The summed E-state index contributed by atoms with van der Waals surface area (Å²) in [6.07, 6.45) is 5.37. The van der Waals surface area contributed by atoms with Crippen molar-refractivity contribution in [3.8, 4) is 5.75 Å². The number of hydrogen-bond donors (Lipinski definition) is 2. The molecule has 1 spiro atoms. The molecule has 2 aliphatic carbocycles. The van der Waals surface area contributed by atoms with Crippen LogP contribution >= 0.6 is 0 Å². The van der Waals surface area contributed by atoms with Crippen molar-refractivity contribution in [2.75, 3.05) is 20.3 Å².